The molecule has 1 aliphatic heterocycles. The Bertz CT molecular complexity index is 925. The number of halogens is 2. The zero-order chi connectivity index (χ0) is 19.6. The first-order valence-electron chi connectivity index (χ1n) is 8.09. The highest BCUT2D eigenvalue weighted by Crippen LogP contribution is 2.34. The Morgan fingerprint density at radius 1 is 1.22 bits per heavy atom. The molecule has 0 saturated carbocycles. The van der Waals surface area contributed by atoms with Gasteiger partial charge in [-0.15, -0.1) is 0 Å². The van der Waals surface area contributed by atoms with Crippen molar-refractivity contribution in [1.82, 2.24) is 10.6 Å². The lowest BCUT2D eigenvalue weighted by Crippen LogP contribution is -2.46. The van der Waals surface area contributed by atoms with E-state index in [1.807, 2.05) is 0 Å². The number of allylic oxidation sites excluding steroid dienone is 1. The fourth-order valence-corrected chi connectivity index (χ4v) is 3.21. The van der Waals surface area contributed by atoms with Crippen LogP contribution in [0.2, 0.25) is 5.02 Å². The fraction of sp³-hybridized carbons (Fsp3) is 0.158. The largest absolute Gasteiger partial charge is 0.495 e. The number of anilines is 1. The SMILES string of the molecule is COc1ccccc1NC(=O)C1=C(C)NC(=O)NC1c1c(F)cccc1Cl. The first-order valence-corrected chi connectivity index (χ1v) is 8.46. The molecule has 2 aromatic carbocycles. The third kappa shape index (κ3) is 3.73. The number of methoxy groups -OCH3 is 1. The van der Waals surface area contributed by atoms with Crippen molar-refractivity contribution in [2.75, 3.05) is 12.4 Å². The Kier molecular flexibility index (Phi) is 5.32. The summed E-state index contributed by atoms with van der Waals surface area (Å²) in [5.74, 6) is -0.670. The van der Waals surface area contributed by atoms with Gasteiger partial charge in [-0.25, -0.2) is 9.18 Å². The van der Waals surface area contributed by atoms with Crippen molar-refractivity contribution in [3.8, 4) is 5.75 Å². The van der Waals surface area contributed by atoms with Crippen LogP contribution in [0.3, 0.4) is 0 Å². The van der Waals surface area contributed by atoms with Crippen molar-refractivity contribution < 1.29 is 18.7 Å². The number of hydrogen-bond acceptors (Lipinski definition) is 3. The van der Waals surface area contributed by atoms with Crippen LogP contribution in [0.15, 0.2) is 53.7 Å². The van der Waals surface area contributed by atoms with Gasteiger partial charge in [-0.1, -0.05) is 29.8 Å². The number of carbonyl (C=O) groups is 2. The van der Waals surface area contributed by atoms with Gasteiger partial charge in [0.25, 0.3) is 5.91 Å². The van der Waals surface area contributed by atoms with Crippen LogP contribution in [0.4, 0.5) is 14.9 Å². The average molecular weight is 390 g/mol. The highest BCUT2D eigenvalue weighted by atomic mass is 35.5. The Labute approximate surface area is 160 Å². The van der Waals surface area contributed by atoms with Gasteiger partial charge in [0, 0.05) is 16.3 Å². The van der Waals surface area contributed by atoms with Crippen LogP contribution < -0.4 is 20.7 Å². The summed E-state index contributed by atoms with van der Waals surface area (Å²) in [5.41, 5.74) is 0.919. The first kappa shape index (κ1) is 18.7. The quantitative estimate of drug-likeness (QED) is 0.745. The molecule has 2 aromatic rings. The Balaban J connectivity index is 2.03. The molecule has 6 nitrogen and oxygen atoms in total. The second-order valence-electron chi connectivity index (χ2n) is 5.86. The number of carbonyl (C=O) groups excluding carboxylic acids is 2. The fourth-order valence-electron chi connectivity index (χ4n) is 2.94. The van der Waals surface area contributed by atoms with Crippen LogP contribution in [0.25, 0.3) is 0 Å². The molecule has 0 saturated heterocycles. The predicted octanol–water partition coefficient (Wildman–Crippen LogP) is 3.75. The van der Waals surface area contributed by atoms with Gasteiger partial charge in [-0.2, -0.15) is 0 Å². The summed E-state index contributed by atoms with van der Waals surface area (Å²) in [4.78, 5) is 24.9. The highest BCUT2D eigenvalue weighted by Gasteiger charge is 2.34. The minimum atomic E-state index is -1.04. The summed E-state index contributed by atoms with van der Waals surface area (Å²) < 4.78 is 19.7. The number of ether oxygens (including phenoxy) is 1. The van der Waals surface area contributed by atoms with Crippen molar-refractivity contribution in [3.05, 3.63) is 70.1 Å². The van der Waals surface area contributed by atoms with Crippen LogP contribution in [0.5, 0.6) is 5.75 Å². The molecule has 0 aromatic heterocycles. The standard InChI is InChI=1S/C19H17ClFN3O3/c1-10-15(18(25)23-13-8-3-4-9-14(13)27-2)17(24-19(26)22-10)16-11(20)6-5-7-12(16)21/h3-9,17H,1-2H3,(H,23,25)(H2,22,24,26). The number of hydrogen-bond donors (Lipinski definition) is 3. The van der Waals surface area contributed by atoms with E-state index in [1.54, 1.807) is 31.2 Å². The molecule has 3 rings (SSSR count). The molecule has 140 valence electrons. The highest BCUT2D eigenvalue weighted by molar-refractivity contribution is 6.31. The van der Waals surface area contributed by atoms with Gasteiger partial charge in [0.15, 0.2) is 0 Å². The number of para-hydroxylation sites is 2. The van der Waals surface area contributed by atoms with E-state index in [0.717, 1.165) is 0 Å². The maximum Gasteiger partial charge on any atom is 0.319 e. The van der Waals surface area contributed by atoms with E-state index in [9.17, 15) is 14.0 Å². The van der Waals surface area contributed by atoms with Crippen molar-refractivity contribution in [2.24, 2.45) is 0 Å². The minimum absolute atomic E-state index is 0.0264. The Hall–Kier alpha value is -3.06. The molecule has 0 bridgehead atoms. The third-order valence-electron chi connectivity index (χ3n) is 4.16. The zero-order valence-corrected chi connectivity index (χ0v) is 15.4. The predicted molar refractivity (Wildman–Crippen MR) is 100 cm³/mol. The van der Waals surface area contributed by atoms with Crippen molar-refractivity contribution in [1.29, 1.82) is 0 Å². The number of benzene rings is 2. The molecule has 0 aliphatic carbocycles. The summed E-state index contributed by atoms with van der Waals surface area (Å²) in [6.07, 6.45) is 0. The third-order valence-corrected chi connectivity index (χ3v) is 4.49. The second kappa shape index (κ2) is 7.67. The lowest BCUT2D eigenvalue weighted by atomic mass is 9.94. The molecule has 1 atom stereocenters. The van der Waals surface area contributed by atoms with E-state index in [-0.39, 0.29) is 16.2 Å². The molecule has 3 N–H and O–H groups in total. The van der Waals surface area contributed by atoms with Gasteiger partial charge in [0.1, 0.15) is 11.6 Å². The van der Waals surface area contributed by atoms with Gasteiger partial charge in [0.05, 0.1) is 24.4 Å². The van der Waals surface area contributed by atoms with E-state index >= 15 is 0 Å². The number of nitrogens with one attached hydrogen (secondary N) is 3. The lowest BCUT2D eigenvalue weighted by Gasteiger charge is -2.29. The van der Waals surface area contributed by atoms with Gasteiger partial charge in [0.2, 0.25) is 0 Å². The average Bonchev–Trinajstić information content (AvgIpc) is 2.61. The molecule has 0 spiro atoms. The van der Waals surface area contributed by atoms with Crippen LogP contribution in [0, 0.1) is 5.82 Å². The smallest absolute Gasteiger partial charge is 0.319 e. The van der Waals surface area contributed by atoms with E-state index in [0.29, 0.717) is 17.1 Å². The lowest BCUT2D eigenvalue weighted by molar-refractivity contribution is -0.113. The van der Waals surface area contributed by atoms with Gasteiger partial charge >= 0.3 is 6.03 Å². The molecular weight excluding hydrogens is 373 g/mol. The van der Waals surface area contributed by atoms with Crippen LogP contribution in [-0.2, 0) is 4.79 Å². The van der Waals surface area contributed by atoms with E-state index < -0.39 is 23.8 Å². The number of urea groups is 1. The zero-order valence-electron chi connectivity index (χ0n) is 14.6. The molecule has 27 heavy (non-hydrogen) atoms. The van der Waals surface area contributed by atoms with Crippen LogP contribution in [-0.4, -0.2) is 19.0 Å². The van der Waals surface area contributed by atoms with Gasteiger partial charge in [-0.3, -0.25) is 4.79 Å². The van der Waals surface area contributed by atoms with Crippen LogP contribution in [0.1, 0.15) is 18.5 Å². The molecule has 1 unspecified atom stereocenters. The van der Waals surface area contributed by atoms with Gasteiger partial charge in [-0.05, 0) is 31.2 Å². The summed E-state index contributed by atoms with van der Waals surface area (Å²) in [6, 6.07) is 9.46. The summed E-state index contributed by atoms with van der Waals surface area (Å²) in [7, 11) is 1.49. The maximum absolute atomic E-state index is 14.4. The molecular formula is C19H17ClFN3O3. The van der Waals surface area contributed by atoms with E-state index in [1.165, 1.54) is 25.3 Å². The van der Waals surface area contributed by atoms with Crippen molar-refractivity contribution in [2.45, 2.75) is 13.0 Å². The molecule has 1 aliphatic rings. The van der Waals surface area contributed by atoms with E-state index in [2.05, 4.69) is 16.0 Å². The Morgan fingerprint density at radius 3 is 2.67 bits per heavy atom. The second-order valence-corrected chi connectivity index (χ2v) is 6.27. The summed E-state index contributed by atoms with van der Waals surface area (Å²) >= 11 is 6.15. The van der Waals surface area contributed by atoms with Gasteiger partial charge < -0.3 is 20.7 Å². The maximum atomic E-state index is 14.4. The normalized spacial score (nSPS) is 16.4. The Morgan fingerprint density at radius 2 is 1.96 bits per heavy atom. The summed E-state index contributed by atoms with van der Waals surface area (Å²) in [5, 5.41) is 7.95. The van der Waals surface area contributed by atoms with E-state index in [4.69, 9.17) is 16.3 Å². The first-order chi connectivity index (χ1) is 12.9. The number of rotatable bonds is 4. The monoisotopic (exact) mass is 389 g/mol. The summed E-state index contributed by atoms with van der Waals surface area (Å²) in [6.45, 7) is 1.57. The molecule has 0 fully saturated rings. The van der Waals surface area contributed by atoms with Crippen molar-refractivity contribution in [3.63, 3.8) is 0 Å². The minimum Gasteiger partial charge on any atom is -0.495 e. The topological polar surface area (TPSA) is 79.5 Å². The molecule has 8 heteroatoms. The van der Waals surface area contributed by atoms with Crippen LogP contribution >= 0.6 is 11.6 Å². The van der Waals surface area contributed by atoms with Crippen molar-refractivity contribution >= 4 is 29.2 Å². The molecule has 0 radical (unpaired) electrons. The molecule has 3 amide bonds. The molecule has 1 heterocycles. The number of amides is 3.